The van der Waals surface area contributed by atoms with Gasteiger partial charge in [-0.15, -0.1) is 0 Å². The highest BCUT2D eigenvalue weighted by molar-refractivity contribution is 9.10. The molecule has 0 radical (unpaired) electrons. The van der Waals surface area contributed by atoms with Gasteiger partial charge in [0.25, 0.3) is 5.91 Å². The van der Waals surface area contributed by atoms with Gasteiger partial charge in [0.15, 0.2) is 0 Å². The van der Waals surface area contributed by atoms with E-state index in [9.17, 15) is 4.79 Å². The summed E-state index contributed by atoms with van der Waals surface area (Å²) in [5.74, 6) is -0.223. The fourth-order valence-corrected chi connectivity index (χ4v) is 2.47. The normalized spacial score (nSPS) is 10.3. The van der Waals surface area contributed by atoms with Gasteiger partial charge in [-0.25, -0.2) is 0 Å². The van der Waals surface area contributed by atoms with E-state index in [0.717, 1.165) is 15.7 Å². The Morgan fingerprint density at radius 1 is 1.26 bits per heavy atom. The predicted molar refractivity (Wildman–Crippen MR) is 82.7 cm³/mol. The van der Waals surface area contributed by atoms with E-state index in [4.69, 9.17) is 17.3 Å². The second-order valence-electron chi connectivity index (χ2n) is 4.21. The van der Waals surface area contributed by atoms with E-state index < -0.39 is 0 Å². The molecule has 0 aliphatic rings. The van der Waals surface area contributed by atoms with E-state index in [-0.39, 0.29) is 5.91 Å². The minimum absolute atomic E-state index is 0.223. The Bertz CT molecular complexity index is 623. The molecule has 5 heteroatoms. The maximum Gasteiger partial charge on any atom is 0.255 e. The van der Waals surface area contributed by atoms with Crippen molar-refractivity contribution in [3.05, 3.63) is 57.0 Å². The number of carbonyl (C=O) groups excluding carboxylic acids is 1. The molecule has 3 nitrogen and oxygen atoms in total. The molecule has 0 fully saturated rings. The minimum atomic E-state index is -0.223. The average Bonchev–Trinajstić information content (AvgIpc) is 2.31. The number of nitrogens with one attached hydrogen (secondary N) is 1. The zero-order valence-electron chi connectivity index (χ0n) is 10.2. The first kappa shape index (κ1) is 13.9. The van der Waals surface area contributed by atoms with E-state index in [1.807, 2.05) is 25.1 Å². The van der Waals surface area contributed by atoms with Crippen LogP contribution in [0.5, 0.6) is 0 Å². The fourth-order valence-electron chi connectivity index (χ4n) is 1.68. The molecule has 2 rings (SSSR count). The van der Waals surface area contributed by atoms with Gasteiger partial charge >= 0.3 is 0 Å². The third-order valence-corrected chi connectivity index (χ3v) is 3.35. The molecule has 0 heterocycles. The number of benzene rings is 2. The third kappa shape index (κ3) is 3.49. The van der Waals surface area contributed by atoms with Gasteiger partial charge in [-0.1, -0.05) is 27.5 Å². The Hall–Kier alpha value is -1.52. The first-order valence-corrected chi connectivity index (χ1v) is 6.76. The van der Waals surface area contributed by atoms with Crippen LogP contribution < -0.4 is 11.1 Å². The summed E-state index contributed by atoms with van der Waals surface area (Å²) < 4.78 is 0.915. The maximum atomic E-state index is 12.1. The summed E-state index contributed by atoms with van der Waals surface area (Å²) in [6.45, 7) is 1.96. The molecule has 1 amide bonds. The first-order valence-electron chi connectivity index (χ1n) is 5.59. The summed E-state index contributed by atoms with van der Waals surface area (Å²) in [5.41, 5.74) is 8.32. The van der Waals surface area contributed by atoms with Gasteiger partial charge in [0.2, 0.25) is 0 Å². The predicted octanol–water partition coefficient (Wildman–Crippen LogP) is 4.25. The molecule has 98 valence electrons. The van der Waals surface area contributed by atoms with Gasteiger partial charge in [-0.05, 0) is 48.9 Å². The van der Waals surface area contributed by atoms with Crippen LogP contribution in [0.4, 0.5) is 11.4 Å². The number of halogens is 2. The number of nitrogens with two attached hydrogens (primary N) is 1. The van der Waals surface area contributed by atoms with Crippen molar-refractivity contribution in [2.75, 3.05) is 11.1 Å². The number of nitrogen functional groups attached to an aromatic ring is 1. The molecule has 2 aromatic carbocycles. The van der Waals surface area contributed by atoms with Gasteiger partial charge in [-0.3, -0.25) is 4.79 Å². The molecule has 0 unspecified atom stereocenters. The van der Waals surface area contributed by atoms with E-state index in [1.54, 1.807) is 18.2 Å². The number of hydrogen-bond donors (Lipinski definition) is 2. The molecule has 2 aromatic rings. The van der Waals surface area contributed by atoms with E-state index >= 15 is 0 Å². The average molecular weight is 340 g/mol. The maximum absolute atomic E-state index is 12.1. The zero-order valence-corrected chi connectivity index (χ0v) is 12.5. The van der Waals surface area contributed by atoms with Crippen molar-refractivity contribution < 1.29 is 4.79 Å². The summed E-state index contributed by atoms with van der Waals surface area (Å²) >= 11 is 9.29. The van der Waals surface area contributed by atoms with Gasteiger partial charge in [-0.2, -0.15) is 0 Å². The number of hydrogen-bond acceptors (Lipinski definition) is 2. The van der Waals surface area contributed by atoms with Crippen molar-refractivity contribution in [2.45, 2.75) is 6.92 Å². The first-order chi connectivity index (χ1) is 8.95. The molecule has 3 N–H and O–H groups in total. The Labute approximate surface area is 124 Å². The highest BCUT2D eigenvalue weighted by atomic mass is 79.9. The zero-order chi connectivity index (χ0) is 14.0. The number of rotatable bonds is 2. The molecule has 0 saturated carbocycles. The summed E-state index contributed by atoms with van der Waals surface area (Å²) in [4.78, 5) is 12.1. The van der Waals surface area contributed by atoms with Crippen molar-refractivity contribution in [3.8, 4) is 0 Å². The monoisotopic (exact) mass is 338 g/mol. The molecule has 0 spiro atoms. The van der Waals surface area contributed by atoms with Gasteiger partial charge < -0.3 is 11.1 Å². The van der Waals surface area contributed by atoms with Crippen molar-refractivity contribution in [3.63, 3.8) is 0 Å². The lowest BCUT2D eigenvalue weighted by atomic mass is 10.1. The summed E-state index contributed by atoms with van der Waals surface area (Å²) in [5, 5.41) is 3.19. The van der Waals surface area contributed by atoms with Crippen LogP contribution in [0, 0.1) is 6.92 Å². The molecule has 0 bridgehead atoms. The summed E-state index contributed by atoms with van der Waals surface area (Å²) in [7, 11) is 0. The SMILES string of the molecule is Cc1cc(Br)cc(NC(=O)c2ccc(N)c(Cl)c2)c1. The molecule has 0 aliphatic carbocycles. The lowest BCUT2D eigenvalue weighted by molar-refractivity contribution is 0.102. The Kier molecular flexibility index (Phi) is 4.12. The fraction of sp³-hybridized carbons (Fsp3) is 0.0714. The van der Waals surface area contributed by atoms with E-state index in [2.05, 4.69) is 21.2 Å². The largest absolute Gasteiger partial charge is 0.398 e. The van der Waals surface area contributed by atoms with E-state index in [1.165, 1.54) is 0 Å². The molecular weight excluding hydrogens is 328 g/mol. The molecule has 0 aliphatic heterocycles. The third-order valence-electron chi connectivity index (χ3n) is 2.56. The Morgan fingerprint density at radius 3 is 2.63 bits per heavy atom. The van der Waals surface area contributed by atoms with Crippen LogP contribution in [0.3, 0.4) is 0 Å². The summed E-state index contributed by atoms with van der Waals surface area (Å²) in [6, 6.07) is 10.5. The minimum Gasteiger partial charge on any atom is -0.398 e. The van der Waals surface area contributed by atoms with Crippen molar-refractivity contribution in [1.29, 1.82) is 0 Å². The van der Waals surface area contributed by atoms with Crippen LogP contribution in [0.2, 0.25) is 5.02 Å². The molecule has 0 atom stereocenters. The second-order valence-corrected chi connectivity index (χ2v) is 5.53. The highest BCUT2D eigenvalue weighted by Gasteiger charge is 2.08. The molecule has 0 aromatic heterocycles. The second kappa shape index (κ2) is 5.63. The summed E-state index contributed by atoms with van der Waals surface area (Å²) in [6.07, 6.45) is 0. The quantitative estimate of drug-likeness (QED) is 0.804. The molecular formula is C14H12BrClN2O. The standard InChI is InChI=1S/C14H12BrClN2O/c1-8-4-10(15)7-11(5-8)18-14(19)9-2-3-13(17)12(16)6-9/h2-7H,17H2,1H3,(H,18,19). The van der Waals surface area contributed by atoms with Crippen molar-refractivity contribution >= 4 is 44.8 Å². The van der Waals surface area contributed by atoms with Crippen LogP contribution in [-0.2, 0) is 0 Å². The van der Waals surface area contributed by atoms with Crippen LogP contribution in [0.25, 0.3) is 0 Å². The number of aryl methyl sites for hydroxylation is 1. The number of anilines is 2. The Balaban J connectivity index is 2.22. The van der Waals surface area contributed by atoms with Crippen molar-refractivity contribution in [1.82, 2.24) is 0 Å². The molecule has 19 heavy (non-hydrogen) atoms. The van der Waals surface area contributed by atoms with Crippen LogP contribution in [-0.4, -0.2) is 5.91 Å². The highest BCUT2D eigenvalue weighted by Crippen LogP contribution is 2.22. The number of amides is 1. The number of carbonyl (C=O) groups is 1. The van der Waals surface area contributed by atoms with Crippen LogP contribution >= 0.6 is 27.5 Å². The van der Waals surface area contributed by atoms with E-state index in [0.29, 0.717) is 16.3 Å². The molecule has 0 saturated heterocycles. The lowest BCUT2D eigenvalue weighted by Gasteiger charge is -2.08. The van der Waals surface area contributed by atoms with Crippen molar-refractivity contribution in [2.24, 2.45) is 0 Å². The van der Waals surface area contributed by atoms with Gasteiger partial charge in [0, 0.05) is 15.7 Å². The van der Waals surface area contributed by atoms with Crippen LogP contribution in [0.15, 0.2) is 40.9 Å². The topological polar surface area (TPSA) is 55.1 Å². The van der Waals surface area contributed by atoms with Crippen LogP contribution in [0.1, 0.15) is 15.9 Å². The lowest BCUT2D eigenvalue weighted by Crippen LogP contribution is -2.12. The Morgan fingerprint density at radius 2 is 2.00 bits per heavy atom. The van der Waals surface area contributed by atoms with Gasteiger partial charge in [0.1, 0.15) is 0 Å². The van der Waals surface area contributed by atoms with Gasteiger partial charge in [0.05, 0.1) is 10.7 Å². The smallest absolute Gasteiger partial charge is 0.255 e.